The lowest BCUT2D eigenvalue weighted by molar-refractivity contribution is -0.123. The van der Waals surface area contributed by atoms with Crippen LogP contribution in [0.1, 0.15) is 27.6 Å². The third-order valence-electron chi connectivity index (χ3n) is 3.68. The van der Waals surface area contributed by atoms with E-state index in [9.17, 15) is 18.8 Å². The number of hydrogen-bond donors (Lipinski definition) is 3. The lowest BCUT2D eigenvalue weighted by atomic mass is 10.2. The van der Waals surface area contributed by atoms with Gasteiger partial charge >= 0.3 is 5.97 Å². The molecule has 0 saturated heterocycles. The number of benzene rings is 1. The van der Waals surface area contributed by atoms with Gasteiger partial charge in [-0.2, -0.15) is 0 Å². The van der Waals surface area contributed by atoms with E-state index in [0.29, 0.717) is 10.9 Å². The molecule has 0 aliphatic heterocycles. The first-order valence-corrected chi connectivity index (χ1v) is 8.40. The van der Waals surface area contributed by atoms with Gasteiger partial charge in [-0.25, -0.2) is 9.18 Å². The number of esters is 1. The van der Waals surface area contributed by atoms with Gasteiger partial charge in [0.2, 0.25) is 0 Å². The zero-order chi connectivity index (χ0) is 18.8. The predicted octanol–water partition coefficient (Wildman–Crippen LogP) is 2.65. The molecule has 0 unspecified atom stereocenters. The molecule has 0 aliphatic rings. The summed E-state index contributed by atoms with van der Waals surface area (Å²) in [7, 11) is 0. The number of carbonyl (C=O) groups is 3. The number of aromatic nitrogens is 1. The molecule has 7 nitrogen and oxygen atoms in total. The standard InChI is InChI=1S/C17H14FN3O4S/c1-8(15(23)21-16-10(14(19)22)4-5-26-16)25-17(24)12-7-20-13-3-2-9(18)6-11(12)13/h2-8,20H,1H3,(H2,19,22)(H,21,23)/t8-/m0/s1. The molecular weight excluding hydrogens is 361 g/mol. The van der Waals surface area contributed by atoms with E-state index in [1.54, 1.807) is 5.38 Å². The van der Waals surface area contributed by atoms with Crippen molar-refractivity contribution in [1.29, 1.82) is 0 Å². The van der Waals surface area contributed by atoms with Crippen LogP contribution >= 0.6 is 11.3 Å². The fraction of sp³-hybridized carbons (Fsp3) is 0.118. The highest BCUT2D eigenvalue weighted by atomic mass is 32.1. The molecule has 2 heterocycles. The summed E-state index contributed by atoms with van der Waals surface area (Å²) in [5, 5.41) is 4.74. The number of thiophene rings is 1. The van der Waals surface area contributed by atoms with E-state index in [1.807, 2.05) is 0 Å². The van der Waals surface area contributed by atoms with Crippen molar-refractivity contribution in [2.24, 2.45) is 5.73 Å². The maximum absolute atomic E-state index is 13.4. The van der Waals surface area contributed by atoms with Gasteiger partial charge in [0, 0.05) is 17.1 Å². The number of halogens is 1. The van der Waals surface area contributed by atoms with Crippen molar-refractivity contribution in [3.05, 3.63) is 52.8 Å². The molecule has 3 aromatic rings. The van der Waals surface area contributed by atoms with Crippen molar-refractivity contribution in [1.82, 2.24) is 4.98 Å². The number of ether oxygens (including phenoxy) is 1. The Morgan fingerprint density at radius 2 is 2.04 bits per heavy atom. The van der Waals surface area contributed by atoms with E-state index in [-0.39, 0.29) is 16.1 Å². The topological polar surface area (TPSA) is 114 Å². The van der Waals surface area contributed by atoms with Gasteiger partial charge < -0.3 is 20.8 Å². The van der Waals surface area contributed by atoms with E-state index in [2.05, 4.69) is 10.3 Å². The van der Waals surface area contributed by atoms with Gasteiger partial charge in [0.25, 0.3) is 11.8 Å². The molecule has 2 aromatic heterocycles. The van der Waals surface area contributed by atoms with E-state index in [4.69, 9.17) is 10.5 Å². The Hall–Kier alpha value is -3.20. The van der Waals surface area contributed by atoms with E-state index >= 15 is 0 Å². The van der Waals surface area contributed by atoms with Crippen LogP contribution in [0.5, 0.6) is 0 Å². The molecule has 0 spiro atoms. The lowest BCUT2D eigenvalue weighted by Crippen LogP contribution is -2.30. The third-order valence-corrected chi connectivity index (χ3v) is 4.51. The molecule has 1 atom stereocenters. The first kappa shape index (κ1) is 17.6. The zero-order valence-electron chi connectivity index (χ0n) is 13.5. The van der Waals surface area contributed by atoms with Gasteiger partial charge in [0.15, 0.2) is 6.10 Å². The van der Waals surface area contributed by atoms with Crippen LogP contribution in [-0.4, -0.2) is 28.9 Å². The summed E-state index contributed by atoms with van der Waals surface area (Å²) < 4.78 is 18.5. The van der Waals surface area contributed by atoms with Gasteiger partial charge in [-0.15, -0.1) is 11.3 Å². The van der Waals surface area contributed by atoms with Gasteiger partial charge in [-0.05, 0) is 36.6 Å². The Kier molecular flexibility index (Phi) is 4.72. The Morgan fingerprint density at radius 1 is 1.27 bits per heavy atom. The molecule has 1 aromatic carbocycles. The number of fused-ring (bicyclic) bond motifs is 1. The smallest absolute Gasteiger partial charge is 0.341 e. The average molecular weight is 375 g/mol. The van der Waals surface area contributed by atoms with E-state index in [0.717, 1.165) is 11.3 Å². The Labute approximate surface area is 150 Å². The molecule has 4 N–H and O–H groups in total. The van der Waals surface area contributed by atoms with Crippen LogP contribution in [0, 0.1) is 5.82 Å². The van der Waals surface area contributed by atoms with Crippen molar-refractivity contribution in [2.45, 2.75) is 13.0 Å². The Bertz CT molecular complexity index is 1010. The quantitative estimate of drug-likeness (QED) is 0.595. The summed E-state index contributed by atoms with van der Waals surface area (Å²) in [6.07, 6.45) is 0.255. The van der Waals surface area contributed by atoms with Crippen molar-refractivity contribution >= 4 is 45.0 Å². The minimum Gasteiger partial charge on any atom is -0.449 e. The molecule has 134 valence electrons. The largest absolute Gasteiger partial charge is 0.449 e. The molecule has 0 fully saturated rings. The number of rotatable bonds is 5. The molecule has 0 radical (unpaired) electrons. The van der Waals surface area contributed by atoms with Crippen LogP contribution in [0.25, 0.3) is 10.9 Å². The van der Waals surface area contributed by atoms with E-state index in [1.165, 1.54) is 37.4 Å². The number of anilines is 1. The van der Waals surface area contributed by atoms with Gasteiger partial charge in [-0.1, -0.05) is 0 Å². The monoisotopic (exact) mass is 375 g/mol. The predicted molar refractivity (Wildman–Crippen MR) is 94.6 cm³/mol. The molecule has 2 amide bonds. The second-order valence-electron chi connectivity index (χ2n) is 5.46. The van der Waals surface area contributed by atoms with Crippen LogP contribution in [0.2, 0.25) is 0 Å². The number of amides is 2. The van der Waals surface area contributed by atoms with E-state index < -0.39 is 29.7 Å². The van der Waals surface area contributed by atoms with Crippen molar-refractivity contribution in [3.8, 4) is 0 Å². The maximum Gasteiger partial charge on any atom is 0.341 e. The van der Waals surface area contributed by atoms with Crippen molar-refractivity contribution in [3.63, 3.8) is 0 Å². The summed E-state index contributed by atoms with van der Waals surface area (Å²) in [5.74, 6) is -2.55. The number of nitrogens with one attached hydrogen (secondary N) is 2. The Balaban J connectivity index is 1.72. The summed E-state index contributed by atoms with van der Waals surface area (Å²) in [4.78, 5) is 38.6. The minimum absolute atomic E-state index is 0.119. The Morgan fingerprint density at radius 3 is 2.77 bits per heavy atom. The molecule has 9 heteroatoms. The zero-order valence-corrected chi connectivity index (χ0v) is 14.4. The summed E-state index contributed by atoms with van der Waals surface area (Å²) in [6.45, 7) is 1.39. The normalized spacial score (nSPS) is 11.9. The fourth-order valence-electron chi connectivity index (χ4n) is 2.35. The minimum atomic E-state index is -1.14. The van der Waals surface area contributed by atoms with Crippen LogP contribution in [0.15, 0.2) is 35.8 Å². The highest BCUT2D eigenvalue weighted by Gasteiger charge is 2.23. The molecule has 0 bridgehead atoms. The third kappa shape index (κ3) is 3.42. The first-order valence-electron chi connectivity index (χ1n) is 7.52. The van der Waals surface area contributed by atoms with Gasteiger partial charge in [-0.3, -0.25) is 9.59 Å². The lowest BCUT2D eigenvalue weighted by Gasteiger charge is -2.13. The molecule has 26 heavy (non-hydrogen) atoms. The highest BCUT2D eigenvalue weighted by molar-refractivity contribution is 7.14. The average Bonchev–Trinajstić information content (AvgIpc) is 3.20. The van der Waals surface area contributed by atoms with Crippen LogP contribution in [-0.2, 0) is 9.53 Å². The fourth-order valence-corrected chi connectivity index (χ4v) is 3.15. The number of carbonyl (C=O) groups excluding carboxylic acids is 3. The number of primary amides is 1. The van der Waals surface area contributed by atoms with Crippen LogP contribution in [0.3, 0.4) is 0 Å². The summed E-state index contributed by atoms with van der Waals surface area (Å²) in [6, 6.07) is 5.46. The first-order chi connectivity index (χ1) is 12.4. The molecular formula is C17H14FN3O4S. The molecule has 0 aliphatic carbocycles. The van der Waals surface area contributed by atoms with Crippen molar-refractivity contribution in [2.75, 3.05) is 5.32 Å². The second-order valence-corrected chi connectivity index (χ2v) is 6.37. The molecule has 0 saturated carbocycles. The summed E-state index contributed by atoms with van der Waals surface area (Å²) >= 11 is 1.12. The van der Waals surface area contributed by atoms with Gasteiger partial charge in [0.1, 0.15) is 10.8 Å². The van der Waals surface area contributed by atoms with Crippen LogP contribution in [0.4, 0.5) is 9.39 Å². The maximum atomic E-state index is 13.4. The SMILES string of the molecule is C[C@H](OC(=O)c1c[nH]c2ccc(F)cc12)C(=O)Nc1sccc1C(N)=O. The van der Waals surface area contributed by atoms with Crippen LogP contribution < -0.4 is 11.1 Å². The molecule has 3 rings (SSSR count). The number of H-pyrrole nitrogens is 1. The summed E-state index contributed by atoms with van der Waals surface area (Å²) in [5.41, 5.74) is 6.08. The number of aromatic amines is 1. The second kappa shape index (κ2) is 6.96. The number of nitrogens with two attached hydrogens (primary N) is 1. The number of hydrogen-bond acceptors (Lipinski definition) is 5. The van der Waals surface area contributed by atoms with Crippen molar-refractivity contribution < 1.29 is 23.5 Å². The highest BCUT2D eigenvalue weighted by Crippen LogP contribution is 2.24. The van der Waals surface area contributed by atoms with Gasteiger partial charge in [0.05, 0.1) is 11.1 Å².